The molecular formula is C129H84IrN3. The van der Waals surface area contributed by atoms with E-state index in [4.69, 9.17) is 15.0 Å². The summed E-state index contributed by atoms with van der Waals surface area (Å²) in [5, 5.41) is 0. The minimum absolute atomic E-state index is 0. The van der Waals surface area contributed by atoms with Crippen LogP contribution < -0.4 is 0 Å². The minimum atomic E-state index is 0. The van der Waals surface area contributed by atoms with Crippen molar-refractivity contribution in [3.8, 4) is 234 Å². The number of pyridine rings is 3. The zero-order valence-electron chi connectivity index (χ0n) is 72.7. The molecule has 624 valence electrons. The van der Waals surface area contributed by atoms with Gasteiger partial charge in [-0.15, -0.1) is 71.3 Å². The SMILES string of the molecule is [Ir+3].[c-]1cc(-c2ccccc2-c2cc(-c3ccccc3-c3c[c-]c(-c4ccccn4)cc3-c3cccc(-c4cc(-c5ccccc5)cc(-c5ccccc5)c4)c3)cc(-c3ccccc3-c3c[c-]c(-c4ccccn4)cc3-c3cccc(-c4cc(-c5ccccc5)cc(-c5ccccc5)c4)c3)c2)c(-c2cccc(-c3cc(-c4ccccc4)cc(-c4ccccc4)c3)c2)cc1-c1ccccn1. The molecule has 3 heterocycles. The molecule has 0 radical (unpaired) electrons. The van der Waals surface area contributed by atoms with E-state index in [0.29, 0.717) is 0 Å². The van der Waals surface area contributed by atoms with Crippen LogP contribution in [0.1, 0.15) is 0 Å². The molecule has 0 saturated carbocycles. The van der Waals surface area contributed by atoms with Gasteiger partial charge in [-0.25, -0.2) is 0 Å². The molecule has 133 heavy (non-hydrogen) atoms. The summed E-state index contributed by atoms with van der Waals surface area (Å²) in [4.78, 5) is 14.9. The molecule has 22 aromatic rings. The molecule has 3 nitrogen and oxygen atoms in total. The van der Waals surface area contributed by atoms with E-state index < -0.39 is 0 Å². The second-order valence-electron chi connectivity index (χ2n) is 33.4. The molecule has 4 heteroatoms. The van der Waals surface area contributed by atoms with E-state index in [-0.39, 0.29) is 20.1 Å². The van der Waals surface area contributed by atoms with E-state index >= 15 is 0 Å². The molecule has 0 N–H and O–H groups in total. The summed E-state index contributed by atoms with van der Waals surface area (Å²) >= 11 is 0. The van der Waals surface area contributed by atoms with E-state index in [2.05, 4.69) is 491 Å². The monoisotopic (exact) mass is 1870 g/mol. The first-order chi connectivity index (χ1) is 65.4. The van der Waals surface area contributed by atoms with Crippen LogP contribution in [0.15, 0.2) is 510 Å². The van der Waals surface area contributed by atoms with Crippen molar-refractivity contribution in [3.05, 3.63) is 528 Å². The number of benzene rings is 19. The predicted molar refractivity (Wildman–Crippen MR) is 550 cm³/mol. The Hall–Kier alpha value is -16.7. The molecule has 0 amide bonds. The van der Waals surface area contributed by atoms with E-state index in [1.165, 1.54) is 0 Å². The van der Waals surface area contributed by atoms with Crippen LogP contribution in [0.3, 0.4) is 0 Å². The molecule has 22 rings (SSSR count). The summed E-state index contributed by atoms with van der Waals surface area (Å²) in [6, 6.07) is 190. The van der Waals surface area contributed by atoms with E-state index in [0.717, 1.165) is 234 Å². The van der Waals surface area contributed by atoms with Crippen molar-refractivity contribution in [2.75, 3.05) is 0 Å². The molecule has 19 aromatic carbocycles. The van der Waals surface area contributed by atoms with Crippen LogP contribution in [0.2, 0.25) is 0 Å². The largest absolute Gasteiger partial charge is 3.00 e. The van der Waals surface area contributed by atoms with Gasteiger partial charge in [0, 0.05) is 18.6 Å². The van der Waals surface area contributed by atoms with E-state index in [1.54, 1.807) is 0 Å². The first-order valence-electron chi connectivity index (χ1n) is 44.9. The predicted octanol–water partition coefficient (Wildman–Crippen LogP) is 34.3. The number of nitrogens with zero attached hydrogens (tertiary/aromatic N) is 3. The van der Waals surface area contributed by atoms with Gasteiger partial charge in [0.1, 0.15) is 0 Å². The van der Waals surface area contributed by atoms with Crippen molar-refractivity contribution in [1.29, 1.82) is 0 Å². The van der Waals surface area contributed by atoms with Gasteiger partial charge in [0.15, 0.2) is 0 Å². The van der Waals surface area contributed by atoms with Gasteiger partial charge in [-0.1, -0.05) is 396 Å². The molecule has 0 spiro atoms. The third kappa shape index (κ3) is 17.7. The maximum atomic E-state index is 4.95. The van der Waals surface area contributed by atoms with Crippen LogP contribution in [0, 0.1) is 18.2 Å². The molecule has 0 bridgehead atoms. The number of hydrogen-bond donors (Lipinski definition) is 0. The molecule has 0 aliphatic rings. The Morgan fingerprint density at radius 2 is 0.301 bits per heavy atom. The van der Waals surface area contributed by atoms with Crippen molar-refractivity contribution >= 4 is 0 Å². The van der Waals surface area contributed by atoms with Gasteiger partial charge in [0.25, 0.3) is 0 Å². The maximum Gasteiger partial charge on any atom is 3.00 e. The number of rotatable bonds is 21. The normalized spacial score (nSPS) is 11.1. The Kier molecular flexibility index (Phi) is 23.7. The first-order valence-corrected chi connectivity index (χ1v) is 44.9. The topological polar surface area (TPSA) is 38.7 Å². The van der Waals surface area contributed by atoms with Gasteiger partial charge in [-0.2, -0.15) is 0 Å². The van der Waals surface area contributed by atoms with Gasteiger partial charge >= 0.3 is 20.1 Å². The summed E-state index contributed by atoms with van der Waals surface area (Å²) in [6.07, 6.45) is 5.59. The molecular weight excluding hydrogens is 1780 g/mol. The Morgan fingerprint density at radius 1 is 0.120 bits per heavy atom. The minimum Gasteiger partial charge on any atom is -0.305 e. The van der Waals surface area contributed by atoms with Gasteiger partial charge in [-0.05, 0) is 276 Å². The molecule has 0 aliphatic heterocycles. The average Bonchev–Trinajstić information content (AvgIpc) is 0.753. The second kappa shape index (κ2) is 37.9. The fourth-order valence-electron chi connectivity index (χ4n) is 18.6. The van der Waals surface area contributed by atoms with Crippen LogP contribution in [0.25, 0.3) is 234 Å². The van der Waals surface area contributed by atoms with E-state index in [9.17, 15) is 0 Å². The van der Waals surface area contributed by atoms with Crippen LogP contribution in [0.4, 0.5) is 0 Å². The van der Waals surface area contributed by atoms with Gasteiger partial charge in [0.05, 0.1) is 0 Å². The molecule has 0 fully saturated rings. The second-order valence-corrected chi connectivity index (χ2v) is 33.4. The van der Waals surface area contributed by atoms with Gasteiger partial charge < -0.3 is 15.0 Å². The number of hydrogen-bond acceptors (Lipinski definition) is 3. The van der Waals surface area contributed by atoms with Crippen LogP contribution in [-0.2, 0) is 20.1 Å². The number of aromatic nitrogens is 3. The summed E-state index contributed by atoms with van der Waals surface area (Å²) < 4.78 is 0. The smallest absolute Gasteiger partial charge is 0.305 e. The van der Waals surface area contributed by atoms with Gasteiger partial charge in [-0.3, -0.25) is 0 Å². The summed E-state index contributed by atoms with van der Waals surface area (Å²) in [6.45, 7) is 0. The first kappa shape index (κ1) is 83.2. The zero-order chi connectivity index (χ0) is 87.9. The maximum absolute atomic E-state index is 4.95. The summed E-state index contributed by atoms with van der Waals surface area (Å²) in [5.41, 5.74) is 44.4. The standard InChI is InChI=1S/C129H84N3.Ir/c1-7-34-88(35-8-1)103-73-104(89-36-9-2-10-37-89)77-109(76-103)94-46-31-49-97(70-94)124-85-100(127-58-25-28-67-130-127)61-64-121(124)118-55-22-19-52-115(118)112-82-113(116-53-20-23-56-119(116)122-65-62-101(128-59-26-29-68-131-128)86-125(122)98-50-32-47-95(71-98)110-78-105(90-38-11-3-12-39-90)74-106(79-110)91-40-13-4-14-41-91)84-114(83-112)117-54-21-24-57-120(117)123-66-63-102(129-60-27-30-69-132-129)87-126(123)99-51-33-48-96(72-99)111-80-107(92-42-15-5-16-43-92)75-108(81-111)93-44-17-6-18-45-93;/h1-60,64-87H;/q-3;+3. The average molecular weight is 1870 g/mol. The van der Waals surface area contributed by atoms with Gasteiger partial charge in [0.2, 0.25) is 0 Å². The third-order valence-electron chi connectivity index (χ3n) is 25.2. The molecule has 0 unspecified atom stereocenters. The Balaban J connectivity index is 0.0000106. The van der Waals surface area contributed by atoms with E-state index in [1.807, 2.05) is 36.8 Å². The third-order valence-corrected chi connectivity index (χ3v) is 25.2. The van der Waals surface area contributed by atoms with Crippen LogP contribution in [-0.4, -0.2) is 15.0 Å². The Labute approximate surface area is 791 Å². The molecule has 0 aliphatic carbocycles. The fourth-order valence-corrected chi connectivity index (χ4v) is 18.6. The van der Waals surface area contributed by atoms with Crippen molar-refractivity contribution < 1.29 is 20.1 Å². The molecule has 0 atom stereocenters. The van der Waals surface area contributed by atoms with Crippen molar-refractivity contribution in [2.45, 2.75) is 0 Å². The Bertz CT molecular complexity index is 7010. The van der Waals surface area contributed by atoms with Crippen LogP contribution in [0.5, 0.6) is 0 Å². The van der Waals surface area contributed by atoms with Crippen molar-refractivity contribution in [3.63, 3.8) is 0 Å². The Morgan fingerprint density at radius 3 is 0.526 bits per heavy atom. The fraction of sp³-hybridized carbons (Fsp3) is 0. The summed E-state index contributed by atoms with van der Waals surface area (Å²) in [7, 11) is 0. The summed E-state index contributed by atoms with van der Waals surface area (Å²) in [5.74, 6) is 0. The van der Waals surface area contributed by atoms with Crippen molar-refractivity contribution in [2.24, 2.45) is 0 Å². The molecule has 0 saturated heterocycles. The quantitative estimate of drug-likeness (QED) is 0.0673. The van der Waals surface area contributed by atoms with Crippen LogP contribution >= 0.6 is 0 Å². The van der Waals surface area contributed by atoms with Crippen molar-refractivity contribution in [1.82, 2.24) is 15.0 Å². The zero-order valence-corrected chi connectivity index (χ0v) is 75.1. The molecule has 3 aromatic heterocycles.